The molecule has 0 radical (unpaired) electrons. The molecule has 2 aromatic rings. The van der Waals surface area contributed by atoms with Gasteiger partial charge in [-0.05, 0) is 61.2 Å². The van der Waals surface area contributed by atoms with Crippen molar-refractivity contribution < 1.29 is 23.4 Å². The quantitative estimate of drug-likeness (QED) is 0.390. The van der Waals surface area contributed by atoms with Gasteiger partial charge in [0.15, 0.2) is 5.84 Å². The van der Waals surface area contributed by atoms with Gasteiger partial charge in [0.25, 0.3) is 0 Å². The van der Waals surface area contributed by atoms with Crippen LogP contribution in [-0.2, 0) is 12.6 Å². The van der Waals surface area contributed by atoms with Crippen molar-refractivity contribution in [2.24, 2.45) is 5.10 Å². The summed E-state index contributed by atoms with van der Waals surface area (Å²) in [5.74, 6) is 5.51. The number of nitrogens with zero attached hydrogens (tertiary/aromatic N) is 1. The number of hydrogen-bond donors (Lipinski definition) is 5. The molecule has 0 unspecified atom stereocenters. The average Bonchev–Trinajstić information content (AvgIpc) is 3.22. The summed E-state index contributed by atoms with van der Waals surface area (Å²) in [6, 6.07) is 8.35. The molecule has 0 bridgehead atoms. The summed E-state index contributed by atoms with van der Waals surface area (Å²) in [5.41, 5.74) is 9.06. The van der Waals surface area contributed by atoms with E-state index in [2.05, 4.69) is 33.4 Å². The molecule has 5 N–H and O–H groups in total. The van der Waals surface area contributed by atoms with E-state index in [4.69, 9.17) is 5.11 Å². The zero-order valence-electron chi connectivity index (χ0n) is 15.3. The number of nitrogens with one attached hydrogen (secondary N) is 3. The van der Waals surface area contributed by atoms with Crippen LogP contribution in [0.3, 0.4) is 0 Å². The number of benzene rings is 2. The molecule has 0 fully saturated rings. The predicted octanol–water partition coefficient (Wildman–Crippen LogP) is 2.40. The molecule has 29 heavy (non-hydrogen) atoms. The second-order valence-electron chi connectivity index (χ2n) is 6.35. The van der Waals surface area contributed by atoms with Crippen molar-refractivity contribution in [1.29, 1.82) is 0 Å². The minimum atomic E-state index is -4.62. The number of hydrazine groups is 2. The van der Waals surface area contributed by atoms with Crippen molar-refractivity contribution in [2.75, 3.05) is 6.61 Å². The second-order valence-corrected chi connectivity index (χ2v) is 6.35. The lowest BCUT2D eigenvalue weighted by atomic mass is 9.98. The van der Waals surface area contributed by atoms with E-state index in [9.17, 15) is 18.3 Å². The van der Waals surface area contributed by atoms with E-state index >= 15 is 0 Å². The Morgan fingerprint density at radius 1 is 1.00 bits per heavy atom. The van der Waals surface area contributed by atoms with Gasteiger partial charge < -0.3 is 10.2 Å². The van der Waals surface area contributed by atoms with Crippen molar-refractivity contribution in [3.05, 3.63) is 64.2 Å². The van der Waals surface area contributed by atoms with Crippen molar-refractivity contribution in [3.8, 4) is 17.6 Å². The SMILES string of the molecule is OCCCCc1cc(C2=NNNN2)ccc1C#Cc1ccc(O)cc1C(F)(F)F. The normalized spacial score (nSPS) is 13.2. The number of amidine groups is 1. The third kappa shape index (κ3) is 5.19. The van der Waals surface area contributed by atoms with Crippen LogP contribution in [0.4, 0.5) is 13.2 Å². The number of phenols is 1. The Hall–Kier alpha value is -3.22. The summed E-state index contributed by atoms with van der Waals surface area (Å²) in [7, 11) is 0. The zero-order valence-corrected chi connectivity index (χ0v) is 15.3. The van der Waals surface area contributed by atoms with Crippen molar-refractivity contribution >= 4 is 5.84 Å². The molecule has 0 atom stereocenters. The summed E-state index contributed by atoms with van der Waals surface area (Å²) < 4.78 is 39.7. The fourth-order valence-electron chi connectivity index (χ4n) is 2.84. The van der Waals surface area contributed by atoms with Crippen molar-refractivity contribution in [2.45, 2.75) is 25.4 Å². The first-order valence-corrected chi connectivity index (χ1v) is 8.88. The fraction of sp³-hybridized carbons (Fsp3) is 0.250. The van der Waals surface area contributed by atoms with Crippen molar-refractivity contribution in [3.63, 3.8) is 0 Å². The minimum absolute atomic E-state index is 0.0608. The molecule has 1 aliphatic heterocycles. The monoisotopic (exact) mass is 404 g/mol. The number of halogens is 3. The first-order valence-electron chi connectivity index (χ1n) is 8.88. The predicted molar refractivity (Wildman–Crippen MR) is 101 cm³/mol. The summed E-state index contributed by atoms with van der Waals surface area (Å²) >= 11 is 0. The van der Waals surface area contributed by atoms with Gasteiger partial charge in [-0.25, -0.2) is 5.53 Å². The molecule has 0 aromatic heterocycles. The Bertz CT molecular complexity index is 978. The topological polar surface area (TPSA) is 88.9 Å². The van der Waals surface area contributed by atoms with Gasteiger partial charge in [0.1, 0.15) is 5.75 Å². The minimum Gasteiger partial charge on any atom is -0.508 e. The van der Waals surface area contributed by atoms with Gasteiger partial charge in [-0.2, -0.15) is 13.2 Å². The number of hydrazone groups is 1. The molecule has 3 rings (SSSR count). The molecule has 0 aliphatic carbocycles. The Labute approximate surface area is 165 Å². The van der Waals surface area contributed by atoms with Gasteiger partial charge in [0.2, 0.25) is 0 Å². The van der Waals surface area contributed by atoms with E-state index in [1.165, 1.54) is 6.07 Å². The van der Waals surface area contributed by atoms with E-state index < -0.39 is 17.5 Å². The molecule has 6 nitrogen and oxygen atoms in total. The second kappa shape index (κ2) is 8.86. The third-order valence-electron chi connectivity index (χ3n) is 4.28. The maximum Gasteiger partial charge on any atom is 0.417 e. The van der Waals surface area contributed by atoms with Gasteiger partial charge in [0.05, 0.1) is 5.56 Å². The van der Waals surface area contributed by atoms with Crippen LogP contribution >= 0.6 is 0 Å². The Balaban J connectivity index is 1.97. The van der Waals surface area contributed by atoms with E-state index in [0.717, 1.165) is 17.2 Å². The number of rotatable bonds is 5. The van der Waals surface area contributed by atoms with E-state index in [-0.39, 0.29) is 12.2 Å². The highest BCUT2D eigenvalue weighted by atomic mass is 19.4. The first kappa shape index (κ1) is 20.5. The summed E-state index contributed by atoms with van der Waals surface area (Å²) in [6.07, 6.45) is -2.70. The maximum absolute atomic E-state index is 13.2. The Morgan fingerprint density at radius 2 is 1.76 bits per heavy atom. The van der Waals surface area contributed by atoms with Crippen LogP contribution < -0.4 is 16.5 Å². The van der Waals surface area contributed by atoms with Gasteiger partial charge in [-0.3, -0.25) is 5.43 Å². The number of phenolic OH excluding ortho intramolecular Hbond substituents is 1. The first-order chi connectivity index (χ1) is 13.9. The standard InChI is InChI=1S/C20H19F3N4O2/c21-20(22,23)18-12-17(29)9-8-14(18)6-4-13-5-7-16(19-24-26-27-25-19)11-15(13)3-1-2-10-28/h5,7-9,11-12,26-29H,1-3,10H2,(H,24,25). The largest absolute Gasteiger partial charge is 0.508 e. The van der Waals surface area contributed by atoms with Crippen LogP contribution in [0.15, 0.2) is 41.5 Å². The van der Waals surface area contributed by atoms with Crippen LogP contribution in [0, 0.1) is 11.8 Å². The molecule has 152 valence electrons. The molecule has 0 saturated carbocycles. The van der Waals surface area contributed by atoms with Gasteiger partial charge in [-0.15, -0.1) is 10.6 Å². The highest BCUT2D eigenvalue weighted by Gasteiger charge is 2.33. The smallest absolute Gasteiger partial charge is 0.417 e. The van der Waals surface area contributed by atoms with Gasteiger partial charge >= 0.3 is 6.18 Å². The Kier molecular flexibility index (Phi) is 6.26. The lowest BCUT2D eigenvalue weighted by Gasteiger charge is -2.10. The number of aliphatic hydroxyl groups excluding tert-OH is 1. The zero-order chi connectivity index (χ0) is 20.9. The van der Waals surface area contributed by atoms with Gasteiger partial charge in [-0.1, -0.05) is 11.8 Å². The number of hydrogen-bond acceptors (Lipinski definition) is 6. The van der Waals surface area contributed by atoms with Crippen LogP contribution in [0.5, 0.6) is 5.75 Å². The van der Waals surface area contributed by atoms with Gasteiger partial charge in [0, 0.05) is 23.3 Å². The maximum atomic E-state index is 13.2. The lowest BCUT2D eigenvalue weighted by Crippen LogP contribution is -2.35. The molecule has 0 spiro atoms. The number of aromatic hydroxyl groups is 1. The number of aryl methyl sites for hydroxylation is 1. The lowest BCUT2D eigenvalue weighted by molar-refractivity contribution is -0.137. The average molecular weight is 404 g/mol. The molecule has 0 saturated heterocycles. The van der Waals surface area contributed by atoms with E-state index in [0.29, 0.717) is 36.7 Å². The van der Waals surface area contributed by atoms with Crippen molar-refractivity contribution in [1.82, 2.24) is 16.5 Å². The molecule has 1 heterocycles. The summed E-state index contributed by atoms with van der Waals surface area (Å²) in [4.78, 5) is 0. The number of aliphatic hydroxyl groups is 1. The third-order valence-corrected chi connectivity index (χ3v) is 4.28. The molecular weight excluding hydrogens is 385 g/mol. The molecule has 9 heteroatoms. The summed E-state index contributed by atoms with van der Waals surface area (Å²) in [5, 5.41) is 22.4. The molecule has 2 aromatic carbocycles. The van der Waals surface area contributed by atoms with Crippen LogP contribution in [-0.4, -0.2) is 22.7 Å². The molecular formula is C20H19F3N4O2. The van der Waals surface area contributed by atoms with Crippen LogP contribution in [0.25, 0.3) is 0 Å². The highest BCUT2D eigenvalue weighted by molar-refractivity contribution is 5.99. The Morgan fingerprint density at radius 3 is 2.45 bits per heavy atom. The number of alkyl halides is 3. The van der Waals surface area contributed by atoms with E-state index in [1.54, 1.807) is 12.1 Å². The fourth-order valence-corrected chi connectivity index (χ4v) is 2.84. The summed E-state index contributed by atoms with van der Waals surface area (Å²) in [6.45, 7) is 0.0608. The van der Waals surface area contributed by atoms with Crippen LogP contribution in [0.2, 0.25) is 0 Å². The number of unbranched alkanes of at least 4 members (excludes halogenated alkanes) is 1. The van der Waals surface area contributed by atoms with Crippen LogP contribution in [0.1, 0.15) is 40.7 Å². The highest BCUT2D eigenvalue weighted by Crippen LogP contribution is 2.33. The molecule has 0 amide bonds. The van der Waals surface area contributed by atoms with E-state index in [1.807, 2.05) is 6.07 Å². The molecule has 1 aliphatic rings.